The van der Waals surface area contributed by atoms with E-state index in [2.05, 4.69) is 29.6 Å². The Balaban J connectivity index is 0.000000556. The molecule has 194 valence electrons. The molecule has 14 heteroatoms. The maximum Gasteiger partial charge on any atom is 0.388 e. The Kier molecular flexibility index (Phi) is 7.74. The van der Waals surface area contributed by atoms with Crippen molar-refractivity contribution in [3.05, 3.63) is 30.2 Å². The largest absolute Gasteiger partial charge is 0.477 e. The zero-order chi connectivity index (χ0) is 25.8. The molecule has 1 aliphatic heterocycles. The van der Waals surface area contributed by atoms with Crippen molar-refractivity contribution < 1.29 is 36.9 Å². The minimum absolute atomic E-state index is 0.0644. The number of hydrogen-bond donors (Lipinski definition) is 2. The normalized spacial score (nSPS) is 13.0. The van der Waals surface area contributed by atoms with E-state index in [1.54, 1.807) is 26.3 Å². The van der Waals surface area contributed by atoms with Crippen molar-refractivity contribution in [2.45, 2.75) is 26.0 Å². The van der Waals surface area contributed by atoms with Crippen molar-refractivity contribution in [3.8, 4) is 34.1 Å². The van der Waals surface area contributed by atoms with Gasteiger partial charge in [0.05, 0.1) is 36.6 Å². The predicted octanol–water partition coefficient (Wildman–Crippen LogP) is 3.77. The van der Waals surface area contributed by atoms with Crippen LogP contribution in [-0.2, 0) is 18.3 Å². The number of rotatable bonds is 7. The molecule has 5 heterocycles. The molecule has 0 aliphatic carbocycles. The molecule has 4 aromatic rings. The number of hydrogen-bond acceptors (Lipinski definition) is 7. The molecule has 36 heavy (non-hydrogen) atoms. The number of aliphatic hydroxyl groups is 1. The van der Waals surface area contributed by atoms with Crippen LogP contribution in [0.3, 0.4) is 0 Å². The summed E-state index contributed by atoms with van der Waals surface area (Å²) in [5.41, 5.74) is 0.751. The lowest BCUT2D eigenvalue weighted by atomic mass is 10.0. The summed E-state index contributed by atoms with van der Waals surface area (Å²) in [6, 6.07) is 3.36. The van der Waals surface area contributed by atoms with Gasteiger partial charge in [0.15, 0.2) is 0 Å². The number of fused-ring (bicyclic) bond motifs is 2. The number of aliphatic hydroxyl groups excluding tert-OH is 1. The van der Waals surface area contributed by atoms with Gasteiger partial charge in [-0.05, 0) is 12.1 Å². The van der Waals surface area contributed by atoms with Gasteiger partial charge in [0, 0.05) is 50.5 Å². The first-order valence-corrected chi connectivity index (χ1v) is 10.9. The first kappa shape index (κ1) is 25.4. The van der Waals surface area contributed by atoms with Crippen LogP contribution in [0.5, 0.6) is 11.8 Å². The predicted molar refractivity (Wildman–Crippen MR) is 120 cm³/mol. The molecule has 0 unspecified atom stereocenters. The topological polar surface area (TPSA) is 112 Å². The second-order valence-electron chi connectivity index (χ2n) is 7.68. The number of nitrogens with one attached hydrogen (secondary N) is 1. The zero-order valence-electron chi connectivity index (χ0n) is 19.4. The quantitative estimate of drug-likeness (QED) is 0.363. The Hall–Kier alpha value is -3.65. The average Bonchev–Trinajstić information content (AvgIpc) is 3.51. The summed E-state index contributed by atoms with van der Waals surface area (Å²) in [7, 11) is 3.10. The van der Waals surface area contributed by atoms with Crippen LogP contribution >= 0.6 is 0 Å². The Morgan fingerprint density at radius 3 is 2.69 bits per heavy atom. The summed E-state index contributed by atoms with van der Waals surface area (Å²) >= 11 is 0. The Morgan fingerprint density at radius 2 is 2.03 bits per heavy atom. The van der Waals surface area contributed by atoms with Crippen LogP contribution in [0.15, 0.2) is 24.5 Å². The number of halogens is 4. The minimum Gasteiger partial charge on any atom is -0.477 e. The monoisotopic (exact) mass is 512 g/mol. The number of nitrogens with zero attached hydrogens (tertiary/aromatic N) is 5. The molecule has 0 saturated carbocycles. The van der Waals surface area contributed by atoms with E-state index in [9.17, 15) is 17.6 Å². The van der Waals surface area contributed by atoms with Gasteiger partial charge in [-0.25, -0.2) is 18.4 Å². The van der Waals surface area contributed by atoms with Crippen molar-refractivity contribution in [2.24, 2.45) is 7.05 Å². The zero-order valence-corrected chi connectivity index (χ0v) is 19.4. The van der Waals surface area contributed by atoms with Crippen molar-refractivity contribution in [3.63, 3.8) is 0 Å². The third-order valence-corrected chi connectivity index (χ3v) is 5.27. The van der Waals surface area contributed by atoms with Crippen LogP contribution in [-0.4, -0.2) is 68.2 Å². The molecule has 0 aromatic carbocycles. The Morgan fingerprint density at radius 1 is 1.22 bits per heavy atom. The molecule has 0 bridgehead atoms. The second-order valence-corrected chi connectivity index (χ2v) is 7.68. The molecule has 0 amide bonds. The van der Waals surface area contributed by atoms with Crippen molar-refractivity contribution in [2.75, 3.05) is 26.9 Å². The van der Waals surface area contributed by atoms with E-state index in [0.29, 0.717) is 42.8 Å². The standard InChI is InChI=1S/C19H16F4N6O2.C3H8O2/c1-28-8-10(17(27-28)31-19(22)23)11-9-4-2-5-24-16(9)25-13(11)12-14(15(20)21)26-29-6-3-7-30-18(12)29;1-5-3-2-4/h2,4-5,8,15,19H,3,6-7H2,1H3,(H,24,25);4H,2-3H2,1H3. The Bertz CT molecular complexity index is 1320. The first-order chi connectivity index (χ1) is 17.3. The van der Waals surface area contributed by atoms with Gasteiger partial charge in [-0.3, -0.25) is 4.68 Å². The smallest absolute Gasteiger partial charge is 0.388 e. The number of aryl methyl sites for hydroxylation is 2. The second kappa shape index (κ2) is 11.0. The van der Waals surface area contributed by atoms with Crippen LogP contribution < -0.4 is 9.47 Å². The third-order valence-electron chi connectivity index (χ3n) is 5.27. The highest BCUT2D eigenvalue weighted by Gasteiger charge is 2.33. The molecule has 10 nitrogen and oxygen atoms in total. The Labute approximate surface area is 202 Å². The van der Waals surface area contributed by atoms with Crippen molar-refractivity contribution in [1.29, 1.82) is 0 Å². The maximum absolute atomic E-state index is 13.9. The molecule has 5 rings (SSSR count). The third kappa shape index (κ3) is 4.99. The number of H-pyrrole nitrogens is 1. The molecule has 1 aliphatic rings. The molecule has 2 N–H and O–H groups in total. The summed E-state index contributed by atoms with van der Waals surface area (Å²) in [5, 5.41) is 16.5. The number of aromatic nitrogens is 6. The highest BCUT2D eigenvalue weighted by Crippen LogP contribution is 2.47. The van der Waals surface area contributed by atoms with Gasteiger partial charge < -0.3 is 24.3 Å². The van der Waals surface area contributed by atoms with E-state index >= 15 is 0 Å². The molecule has 0 radical (unpaired) electrons. The minimum atomic E-state index is -3.11. The maximum atomic E-state index is 13.9. The number of pyridine rings is 1. The van der Waals surface area contributed by atoms with Gasteiger partial charge in [0.1, 0.15) is 11.3 Å². The summed E-state index contributed by atoms with van der Waals surface area (Å²) in [6.07, 6.45) is 0.766. The van der Waals surface area contributed by atoms with Crippen LogP contribution in [0.2, 0.25) is 0 Å². The molecular formula is C22H24F4N6O4. The van der Waals surface area contributed by atoms with Gasteiger partial charge in [-0.2, -0.15) is 13.9 Å². The number of aromatic amines is 1. The van der Waals surface area contributed by atoms with E-state index in [1.807, 2.05) is 0 Å². The van der Waals surface area contributed by atoms with Gasteiger partial charge in [0.2, 0.25) is 11.8 Å². The van der Waals surface area contributed by atoms with Gasteiger partial charge in [0.25, 0.3) is 6.43 Å². The summed E-state index contributed by atoms with van der Waals surface area (Å²) in [5.74, 6) is -0.140. The summed E-state index contributed by atoms with van der Waals surface area (Å²) in [4.78, 5) is 7.30. The molecule has 0 saturated heterocycles. The summed E-state index contributed by atoms with van der Waals surface area (Å²) < 4.78 is 71.3. The van der Waals surface area contributed by atoms with Crippen molar-refractivity contribution in [1.82, 2.24) is 29.5 Å². The lowest BCUT2D eigenvalue weighted by Gasteiger charge is -2.16. The number of alkyl halides is 4. The highest BCUT2D eigenvalue weighted by molar-refractivity contribution is 6.04. The van der Waals surface area contributed by atoms with E-state index in [1.165, 1.54) is 21.8 Å². The molecule has 0 atom stereocenters. The fourth-order valence-electron chi connectivity index (χ4n) is 3.92. The SMILES string of the molecule is COCCO.Cn1cc(-c2c(-c3c(C(F)F)nn4c3OCCC4)[nH]c3ncccc23)c(OC(F)F)n1. The first-order valence-electron chi connectivity index (χ1n) is 10.9. The van der Waals surface area contributed by atoms with E-state index in [4.69, 9.17) is 9.84 Å². The number of methoxy groups -OCH3 is 1. The number of ether oxygens (including phenoxy) is 3. The lowest BCUT2D eigenvalue weighted by molar-refractivity contribution is -0.0527. The van der Waals surface area contributed by atoms with Gasteiger partial charge in [-0.1, -0.05) is 0 Å². The molecular weight excluding hydrogens is 488 g/mol. The average molecular weight is 512 g/mol. The van der Waals surface area contributed by atoms with E-state index < -0.39 is 18.7 Å². The fourth-order valence-corrected chi connectivity index (χ4v) is 3.92. The fraction of sp³-hybridized carbons (Fsp3) is 0.409. The lowest BCUT2D eigenvalue weighted by Crippen LogP contribution is -2.15. The molecule has 0 fully saturated rings. The van der Waals surface area contributed by atoms with Crippen LogP contribution in [0.25, 0.3) is 33.4 Å². The van der Waals surface area contributed by atoms with Gasteiger partial charge >= 0.3 is 6.61 Å². The summed E-state index contributed by atoms with van der Waals surface area (Å²) in [6.45, 7) is -1.77. The van der Waals surface area contributed by atoms with E-state index in [-0.39, 0.29) is 35.2 Å². The molecule has 4 aromatic heterocycles. The van der Waals surface area contributed by atoms with Crippen molar-refractivity contribution >= 4 is 11.0 Å². The molecule has 0 spiro atoms. The highest BCUT2D eigenvalue weighted by atomic mass is 19.3. The van der Waals surface area contributed by atoms with Crippen LogP contribution in [0.1, 0.15) is 18.5 Å². The van der Waals surface area contributed by atoms with Gasteiger partial charge in [-0.15, -0.1) is 5.10 Å². The van der Waals surface area contributed by atoms with Crippen LogP contribution in [0, 0.1) is 0 Å². The van der Waals surface area contributed by atoms with E-state index in [0.717, 1.165) is 0 Å². The van der Waals surface area contributed by atoms with Crippen LogP contribution in [0.4, 0.5) is 17.6 Å².